The third-order valence-electron chi connectivity index (χ3n) is 4.19. The third-order valence-corrected chi connectivity index (χ3v) is 4.19. The van der Waals surface area contributed by atoms with E-state index in [2.05, 4.69) is 15.3 Å². The Kier molecular flexibility index (Phi) is 5.81. The van der Waals surface area contributed by atoms with Crippen molar-refractivity contribution in [2.45, 2.75) is 27.3 Å². The van der Waals surface area contributed by atoms with Crippen LogP contribution in [0, 0.1) is 13.8 Å². The number of hydrogen-bond acceptors (Lipinski definition) is 5. The van der Waals surface area contributed by atoms with Crippen LogP contribution in [0.25, 0.3) is 11.3 Å². The van der Waals surface area contributed by atoms with Crippen LogP contribution >= 0.6 is 0 Å². The van der Waals surface area contributed by atoms with E-state index in [0.717, 1.165) is 16.7 Å². The SMILES string of the molecule is CCOC(=O)c1c(C)nc(NCc2ccccc2)nc1-c1ccc(C)cc1. The molecule has 1 heterocycles. The van der Waals surface area contributed by atoms with E-state index >= 15 is 0 Å². The first-order valence-electron chi connectivity index (χ1n) is 8.99. The molecular weight excluding hydrogens is 338 g/mol. The van der Waals surface area contributed by atoms with Gasteiger partial charge in [0.2, 0.25) is 5.95 Å². The summed E-state index contributed by atoms with van der Waals surface area (Å²) in [5.41, 5.74) is 4.71. The van der Waals surface area contributed by atoms with Crippen molar-refractivity contribution in [3.63, 3.8) is 0 Å². The second-order valence-electron chi connectivity index (χ2n) is 6.28. The molecule has 0 radical (unpaired) electrons. The Bertz CT molecular complexity index is 922. The van der Waals surface area contributed by atoms with E-state index in [1.165, 1.54) is 0 Å². The van der Waals surface area contributed by atoms with Crippen LogP contribution < -0.4 is 5.32 Å². The molecule has 2 aromatic carbocycles. The molecule has 0 bridgehead atoms. The fourth-order valence-corrected chi connectivity index (χ4v) is 2.80. The molecule has 27 heavy (non-hydrogen) atoms. The van der Waals surface area contributed by atoms with Gasteiger partial charge in [0.05, 0.1) is 18.0 Å². The number of carbonyl (C=O) groups is 1. The highest BCUT2D eigenvalue weighted by atomic mass is 16.5. The van der Waals surface area contributed by atoms with Crippen molar-refractivity contribution in [2.24, 2.45) is 0 Å². The average molecular weight is 361 g/mol. The van der Waals surface area contributed by atoms with Gasteiger partial charge in [-0.25, -0.2) is 14.8 Å². The largest absolute Gasteiger partial charge is 0.462 e. The Morgan fingerprint density at radius 1 is 1.00 bits per heavy atom. The number of nitrogens with zero attached hydrogens (tertiary/aromatic N) is 2. The lowest BCUT2D eigenvalue weighted by atomic mass is 10.0. The number of anilines is 1. The zero-order chi connectivity index (χ0) is 19.2. The van der Waals surface area contributed by atoms with Gasteiger partial charge in [0, 0.05) is 12.1 Å². The van der Waals surface area contributed by atoms with Crippen molar-refractivity contribution in [1.82, 2.24) is 9.97 Å². The second-order valence-corrected chi connectivity index (χ2v) is 6.28. The number of esters is 1. The van der Waals surface area contributed by atoms with Gasteiger partial charge in [0.1, 0.15) is 5.56 Å². The maximum Gasteiger partial charge on any atom is 0.342 e. The molecule has 5 nitrogen and oxygen atoms in total. The van der Waals surface area contributed by atoms with E-state index in [-0.39, 0.29) is 0 Å². The zero-order valence-electron chi connectivity index (χ0n) is 15.8. The van der Waals surface area contributed by atoms with Gasteiger partial charge in [-0.2, -0.15) is 0 Å². The monoisotopic (exact) mass is 361 g/mol. The maximum atomic E-state index is 12.5. The quantitative estimate of drug-likeness (QED) is 0.653. The third kappa shape index (κ3) is 4.50. The Morgan fingerprint density at radius 3 is 2.37 bits per heavy atom. The van der Waals surface area contributed by atoms with E-state index in [0.29, 0.717) is 36.1 Å². The molecule has 138 valence electrons. The summed E-state index contributed by atoms with van der Waals surface area (Å²) in [4.78, 5) is 21.6. The van der Waals surface area contributed by atoms with Crippen molar-refractivity contribution in [1.29, 1.82) is 0 Å². The number of nitrogens with one attached hydrogen (secondary N) is 1. The summed E-state index contributed by atoms with van der Waals surface area (Å²) in [5.74, 6) is 0.0835. The summed E-state index contributed by atoms with van der Waals surface area (Å²) in [6.07, 6.45) is 0. The number of carbonyl (C=O) groups excluding carboxylic acids is 1. The van der Waals surface area contributed by atoms with E-state index in [9.17, 15) is 4.79 Å². The minimum absolute atomic E-state index is 0.305. The lowest BCUT2D eigenvalue weighted by molar-refractivity contribution is 0.0525. The Hall–Kier alpha value is -3.21. The topological polar surface area (TPSA) is 64.1 Å². The number of rotatable bonds is 6. The Labute approximate surface area is 159 Å². The van der Waals surface area contributed by atoms with Crippen molar-refractivity contribution < 1.29 is 9.53 Å². The van der Waals surface area contributed by atoms with Crippen molar-refractivity contribution in [2.75, 3.05) is 11.9 Å². The van der Waals surface area contributed by atoms with Gasteiger partial charge in [-0.05, 0) is 26.3 Å². The second kappa shape index (κ2) is 8.45. The lowest BCUT2D eigenvalue weighted by Crippen LogP contribution is -2.14. The van der Waals surface area contributed by atoms with Crippen molar-refractivity contribution in [3.05, 3.63) is 77.0 Å². The average Bonchev–Trinajstić information content (AvgIpc) is 2.67. The van der Waals surface area contributed by atoms with Gasteiger partial charge in [0.15, 0.2) is 0 Å². The standard InChI is InChI=1S/C22H23N3O2/c1-4-27-21(26)19-16(3)24-22(23-14-17-8-6-5-7-9-17)25-20(19)18-12-10-15(2)11-13-18/h5-13H,4,14H2,1-3H3,(H,23,24,25). The van der Waals surface area contributed by atoms with Crippen LogP contribution in [0.2, 0.25) is 0 Å². The molecule has 0 amide bonds. The first-order chi connectivity index (χ1) is 13.1. The van der Waals surface area contributed by atoms with Gasteiger partial charge < -0.3 is 10.1 Å². The van der Waals surface area contributed by atoms with Crippen LogP contribution in [-0.2, 0) is 11.3 Å². The molecule has 3 rings (SSSR count). The molecule has 1 aromatic heterocycles. The highest BCUT2D eigenvalue weighted by Gasteiger charge is 2.21. The predicted octanol–water partition coefficient (Wildman–Crippen LogP) is 4.55. The predicted molar refractivity (Wildman–Crippen MR) is 107 cm³/mol. The van der Waals surface area contributed by atoms with Gasteiger partial charge in [-0.1, -0.05) is 60.2 Å². The number of benzene rings is 2. The molecular formula is C22H23N3O2. The molecule has 0 aliphatic heterocycles. The molecule has 0 spiro atoms. The molecule has 0 aliphatic carbocycles. The minimum atomic E-state index is -0.403. The van der Waals surface area contributed by atoms with E-state index in [1.807, 2.05) is 61.5 Å². The van der Waals surface area contributed by atoms with Gasteiger partial charge >= 0.3 is 5.97 Å². The first-order valence-corrected chi connectivity index (χ1v) is 8.99. The summed E-state index contributed by atoms with van der Waals surface area (Å²) in [7, 11) is 0. The van der Waals surface area contributed by atoms with Crippen LogP contribution in [0.4, 0.5) is 5.95 Å². The molecule has 1 N–H and O–H groups in total. The maximum absolute atomic E-state index is 12.5. The molecule has 5 heteroatoms. The van der Waals surface area contributed by atoms with Crippen molar-refractivity contribution >= 4 is 11.9 Å². The fourth-order valence-electron chi connectivity index (χ4n) is 2.80. The molecule has 0 fully saturated rings. The molecule has 0 saturated heterocycles. The van der Waals surface area contributed by atoms with Crippen LogP contribution in [-0.4, -0.2) is 22.5 Å². The van der Waals surface area contributed by atoms with E-state index < -0.39 is 5.97 Å². The summed E-state index contributed by atoms with van der Waals surface area (Å²) in [6, 6.07) is 17.9. The van der Waals surface area contributed by atoms with E-state index in [1.54, 1.807) is 13.8 Å². The first kappa shape index (κ1) is 18.6. The molecule has 0 atom stereocenters. The number of hydrogen-bond donors (Lipinski definition) is 1. The number of aryl methyl sites for hydroxylation is 2. The van der Waals surface area contributed by atoms with Crippen LogP contribution in [0.15, 0.2) is 54.6 Å². The summed E-state index contributed by atoms with van der Waals surface area (Å²) < 4.78 is 5.22. The van der Waals surface area contributed by atoms with Crippen LogP contribution in [0.5, 0.6) is 0 Å². The van der Waals surface area contributed by atoms with Crippen LogP contribution in [0.3, 0.4) is 0 Å². The Morgan fingerprint density at radius 2 is 1.70 bits per heavy atom. The summed E-state index contributed by atoms with van der Waals surface area (Å²) in [6.45, 7) is 6.52. The molecule has 0 unspecified atom stereocenters. The summed E-state index contributed by atoms with van der Waals surface area (Å²) >= 11 is 0. The highest BCUT2D eigenvalue weighted by Crippen LogP contribution is 2.26. The highest BCUT2D eigenvalue weighted by molar-refractivity contribution is 5.97. The summed E-state index contributed by atoms with van der Waals surface area (Å²) in [5, 5.41) is 3.25. The zero-order valence-corrected chi connectivity index (χ0v) is 15.8. The van der Waals surface area contributed by atoms with Gasteiger partial charge in [-0.3, -0.25) is 0 Å². The smallest absolute Gasteiger partial charge is 0.342 e. The lowest BCUT2D eigenvalue weighted by Gasteiger charge is -2.14. The number of aromatic nitrogens is 2. The fraction of sp³-hybridized carbons (Fsp3) is 0.227. The Balaban J connectivity index is 1.99. The van der Waals surface area contributed by atoms with Crippen molar-refractivity contribution in [3.8, 4) is 11.3 Å². The van der Waals surface area contributed by atoms with Crippen LogP contribution in [0.1, 0.15) is 34.1 Å². The number of ether oxygens (including phenoxy) is 1. The van der Waals surface area contributed by atoms with Gasteiger partial charge in [0.25, 0.3) is 0 Å². The molecule has 0 saturated carbocycles. The van der Waals surface area contributed by atoms with Gasteiger partial charge in [-0.15, -0.1) is 0 Å². The normalized spacial score (nSPS) is 10.5. The molecule has 3 aromatic rings. The minimum Gasteiger partial charge on any atom is -0.462 e. The van der Waals surface area contributed by atoms with E-state index in [4.69, 9.17) is 4.74 Å². The molecule has 0 aliphatic rings.